The predicted molar refractivity (Wildman–Crippen MR) is 81.7 cm³/mol. The number of benzene rings is 1. The van der Waals surface area contributed by atoms with Crippen LogP contribution in [0.1, 0.15) is 21.5 Å². The zero-order valence-electron chi connectivity index (χ0n) is 11.3. The van der Waals surface area contributed by atoms with Crippen molar-refractivity contribution < 1.29 is 4.79 Å². The Morgan fingerprint density at radius 1 is 1.45 bits per heavy atom. The molecule has 0 saturated heterocycles. The number of nitrogens with zero attached hydrogens (tertiary/aromatic N) is 3. The topological polar surface area (TPSA) is 87.3 Å². The van der Waals surface area contributed by atoms with Crippen LogP contribution in [0.4, 0.5) is 0 Å². The van der Waals surface area contributed by atoms with Crippen LogP contribution in [-0.4, -0.2) is 15.3 Å². The molecule has 0 atom stereocenters. The highest BCUT2D eigenvalue weighted by molar-refractivity contribution is 7.15. The van der Waals surface area contributed by atoms with Gasteiger partial charge < -0.3 is 5.32 Å². The monoisotopic (exact) mass is 310 g/mol. The Kier molecular flexibility index (Phi) is 3.68. The minimum atomic E-state index is -0.486. The molecule has 0 radical (unpaired) electrons. The van der Waals surface area contributed by atoms with Crippen LogP contribution in [0.5, 0.6) is 0 Å². The lowest BCUT2D eigenvalue weighted by Crippen LogP contribution is -2.30. The van der Waals surface area contributed by atoms with Crippen LogP contribution >= 0.6 is 11.3 Å². The van der Waals surface area contributed by atoms with E-state index < -0.39 is 11.5 Å². The summed E-state index contributed by atoms with van der Waals surface area (Å²) in [5, 5.41) is 13.2. The molecule has 1 N–H and O–H groups in total. The van der Waals surface area contributed by atoms with Crippen molar-refractivity contribution in [1.29, 1.82) is 5.26 Å². The molecule has 0 aliphatic heterocycles. The number of nitrogens with one attached hydrogen (secondary N) is 1. The zero-order valence-corrected chi connectivity index (χ0v) is 12.1. The standard InChI is InChI=1S/C15H10N4O2S/c16-7-10-2-1-3-11(6-10)8-17-13(20)12-9-18-15-19(14(12)21)4-5-22-15/h1-6,9H,8H2,(H,17,20). The molecule has 1 aromatic carbocycles. The van der Waals surface area contributed by atoms with E-state index in [1.54, 1.807) is 35.8 Å². The lowest BCUT2D eigenvalue weighted by molar-refractivity contribution is 0.0949. The first kappa shape index (κ1) is 14.0. The van der Waals surface area contributed by atoms with Crippen LogP contribution in [0.25, 0.3) is 4.96 Å². The van der Waals surface area contributed by atoms with Gasteiger partial charge in [0.25, 0.3) is 11.5 Å². The molecule has 3 rings (SSSR count). The number of aromatic nitrogens is 2. The summed E-state index contributed by atoms with van der Waals surface area (Å²) < 4.78 is 1.34. The van der Waals surface area contributed by atoms with Gasteiger partial charge in [-0.3, -0.25) is 14.0 Å². The molecule has 0 aliphatic rings. The largest absolute Gasteiger partial charge is 0.348 e. The lowest BCUT2D eigenvalue weighted by Gasteiger charge is -2.05. The van der Waals surface area contributed by atoms with Crippen molar-refractivity contribution in [2.45, 2.75) is 6.54 Å². The molecule has 0 aliphatic carbocycles. The Morgan fingerprint density at radius 2 is 2.32 bits per heavy atom. The van der Waals surface area contributed by atoms with E-state index in [-0.39, 0.29) is 12.1 Å². The maximum absolute atomic E-state index is 12.2. The van der Waals surface area contributed by atoms with Gasteiger partial charge >= 0.3 is 0 Å². The van der Waals surface area contributed by atoms with Crippen molar-refractivity contribution in [3.05, 3.63) is 69.1 Å². The molecule has 108 valence electrons. The minimum absolute atomic E-state index is 0.00709. The van der Waals surface area contributed by atoms with E-state index in [1.807, 2.05) is 6.07 Å². The van der Waals surface area contributed by atoms with Crippen molar-refractivity contribution in [2.24, 2.45) is 0 Å². The highest BCUT2D eigenvalue weighted by Crippen LogP contribution is 2.06. The molecular weight excluding hydrogens is 300 g/mol. The molecule has 0 saturated carbocycles. The second-order valence-corrected chi connectivity index (χ2v) is 5.40. The smallest absolute Gasteiger partial charge is 0.271 e. The fourth-order valence-electron chi connectivity index (χ4n) is 2.01. The summed E-state index contributed by atoms with van der Waals surface area (Å²) in [5.41, 5.74) is 0.909. The summed E-state index contributed by atoms with van der Waals surface area (Å²) in [6.45, 7) is 0.236. The number of fused-ring (bicyclic) bond motifs is 1. The van der Waals surface area contributed by atoms with E-state index >= 15 is 0 Å². The third-order valence-electron chi connectivity index (χ3n) is 3.10. The van der Waals surface area contributed by atoms with Gasteiger partial charge in [0.15, 0.2) is 4.96 Å². The van der Waals surface area contributed by atoms with Crippen molar-refractivity contribution in [3.63, 3.8) is 0 Å². The molecular formula is C15H10N4O2S. The predicted octanol–water partition coefficient (Wildman–Crippen LogP) is 1.56. The van der Waals surface area contributed by atoms with Gasteiger partial charge in [0.05, 0.1) is 11.6 Å². The molecule has 0 spiro atoms. The molecule has 6 nitrogen and oxygen atoms in total. The second kappa shape index (κ2) is 5.79. The summed E-state index contributed by atoms with van der Waals surface area (Å²) in [6.07, 6.45) is 2.87. The number of hydrogen-bond donors (Lipinski definition) is 1. The van der Waals surface area contributed by atoms with Gasteiger partial charge in [-0.2, -0.15) is 5.26 Å². The zero-order chi connectivity index (χ0) is 15.5. The van der Waals surface area contributed by atoms with E-state index in [2.05, 4.69) is 10.3 Å². The Hall–Kier alpha value is -2.98. The van der Waals surface area contributed by atoms with Gasteiger partial charge in [0.2, 0.25) is 0 Å². The first-order valence-corrected chi connectivity index (χ1v) is 7.29. The van der Waals surface area contributed by atoms with Crippen LogP contribution in [0.3, 0.4) is 0 Å². The molecule has 2 aromatic heterocycles. The van der Waals surface area contributed by atoms with Crippen molar-refractivity contribution in [3.8, 4) is 6.07 Å². The Bertz CT molecular complexity index is 952. The Morgan fingerprint density at radius 3 is 3.14 bits per heavy atom. The average Bonchev–Trinajstić information content (AvgIpc) is 3.03. The number of carbonyl (C=O) groups excluding carboxylic acids is 1. The fourth-order valence-corrected chi connectivity index (χ4v) is 2.68. The molecule has 1 amide bonds. The number of hydrogen-bond acceptors (Lipinski definition) is 5. The van der Waals surface area contributed by atoms with E-state index in [0.29, 0.717) is 10.5 Å². The van der Waals surface area contributed by atoms with E-state index in [0.717, 1.165) is 5.56 Å². The van der Waals surface area contributed by atoms with E-state index in [1.165, 1.54) is 21.9 Å². The normalized spacial score (nSPS) is 10.3. The highest BCUT2D eigenvalue weighted by atomic mass is 32.1. The SMILES string of the molecule is N#Cc1cccc(CNC(=O)c2cnc3sccn3c2=O)c1. The van der Waals surface area contributed by atoms with Gasteiger partial charge in [-0.05, 0) is 17.7 Å². The third-order valence-corrected chi connectivity index (χ3v) is 3.87. The summed E-state index contributed by atoms with van der Waals surface area (Å²) in [5.74, 6) is -0.486. The minimum Gasteiger partial charge on any atom is -0.348 e. The third kappa shape index (κ3) is 2.60. The van der Waals surface area contributed by atoms with Gasteiger partial charge in [0, 0.05) is 24.3 Å². The van der Waals surface area contributed by atoms with Crippen molar-refractivity contribution in [1.82, 2.24) is 14.7 Å². The molecule has 3 aromatic rings. The van der Waals surface area contributed by atoms with E-state index in [4.69, 9.17) is 5.26 Å². The molecule has 0 bridgehead atoms. The maximum Gasteiger partial charge on any atom is 0.271 e. The molecule has 22 heavy (non-hydrogen) atoms. The molecule has 7 heteroatoms. The summed E-state index contributed by atoms with van der Waals surface area (Å²) in [7, 11) is 0. The highest BCUT2D eigenvalue weighted by Gasteiger charge is 2.13. The number of carbonyl (C=O) groups is 1. The average molecular weight is 310 g/mol. The fraction of sp³-hybridized carbons (Fsp3) is 0.0667. The van der Waals surface area contributed by atoms with E-state index in [9.17, 15) is 9.59 Å². The van der Waals surface area contributed by atoms with Gasteiger partial charge in [-0.15, -0.1) is 11.3 Å². The van der Waals surface area contributed by atoms with Crippen LogP contribution < -0.4 is 10.9 Å². The number of rotatable bonds is 3. The quantitative estimate of drug-likeness (QED) is 0.795. The maximum atomic E-state index is 12.2. The van der Waals surface area contributed by atoms with Crippen LogP contribution in [-0.2, 0) is 6.54 Å². The lowest BCUT2D eigenvalue weighted by atomic mass is 10.1. The summed E-state index contributed by atoms with van der Waals surface area (Å²) in [6, 6.07) is 8.96. The first-order valence-electron chi connectivity index (χ1n) is 6.41. The van der Waals surface area contributed by atoms with Gasteiger partial charge in [0.1, 0.15) is 5.56 Å². The van der Waals surface area contributed by atoms with Gasteiger partial charge in [-0.25, -0.2) is 4.98 Å². The molecule has 0 fully saturated rings. The van der Waals surface area contributed by atoms with Crippen LogP contribution in [0, 0.1) is 11.3 Å². The van der Waals surface area contributed by atoms with Crippen LogP contribution in [0.2, 0.25) is 0 Å². The number of nitriles is 1. The molecule has 0 unspecified atom stereocenters. The van der Waals surface area contributed by atoms with Crippen molar-refractivity contribution in [2.75, 3.05) is 0 Å². The van der Waals surface area contributed by atoms with Gasteiger partial charge in [-0.1, -0.05) is 12.1 Å². The number of amides is 1. The number of thiazole rings is 1. The second-order valence-electron chi connectivity index (χ2n) is 4.53. The Balaban J connectivity index is 1.80. The van der Waals surface area contributed by atoms with Crippen LogP contribution in [0.15, 0.2) is 46.8 Å². The molecule has 2 heterocycles. The summed E-state index contributed by atoms with van der Waals surface area (Å²) in [4.78, 5) is 28.9. The first-order chi connectivity index (χ1) is 10.7. The van der Waals surface area contributed by atoms with Crippen molar-refractivity contribution >= 4 is 22.2 Å². The Labute approximate surface area is 129 Å². The summed E-state index contributed by atoms with van der Waals surface area (Å²) >= 11 is 1.33.